The number of carbonyl (C=O) groups excluding carboxylic acids is 2. The van der Waals surface area contributed by atoms with Crippen molar-refractivity contribution in [2.45, 2.75) is 25.5 Å². The third-order valence-corrected chi connectivity index (χ3v) is 7.99. The second-order valence-corrected chi connectivity index (χ2v) is 10.7. The zero-order chi connectivity index (χ0) is 26.0. The zero-order valence-electron chi connectivity index (χ0n) is 19.3. The van der Waals surface area contributed by atoms with E-state index in [2.05, 4.69) is 5.32 Å². The summed E-state index contributed by atoms with van der Waals surface area (Å²) < 4.78 is 0. The average molecular weight is 557 g/mol. The Hall–Kier alpha value is -2.95. The van der Waals surface area contributed by atoms with Crippen LogP contribution in [-0.2, 0) is 16.0 Å². The Morgan fingerprint density at radius 2 is 1.78 bits per heavy atom. The second-order valence-electron chi connectivity index (χ2n) is 8.21. The van der Waals surface area contributed by atoms with Gasteiger partial charge in [0.2, 0.25) is 5.91 Å². The number of para-hydroxylation sites is 1. The van der Waals surface area contributed by atoms with E-state index in [0.717, 1.165) is 22.9 Å². The lowest BCUT2D eigenvalue weighted by molar-refractivity contribution is -0.117. The molecule has 0 saturated carbocycles. The number of halogens is 3. The molecule has 1 saturated heterocycles. The monoisotopic (exact) mass is 555 g/mol. The Morgan fingerprint density at radius 1 is 1.03 bits per heavy atom. The highest BCUT2D eigenvalue weighted by atomic mass is 35.5. The van der Waals surface area contributed by atoms with Crippen molar-refractivity contribution in [2.75, 3.05) is 10.2 Å². The predicted octanol–water partition coefficient (Wildman–Crippen LogP) is 7.33. The Labute approximate surface area is 228 Å². The molecule has 4 rings (SSSR count). The predicted molar refractivity (Wildman–Crippen MR) is 148 cm³/mol. The van der Waals surface area contributed by atoms with Gasteiger partial charge in [0, 0.05) is 15.7 Å². The fraction of sp³-hybridized carbons (Fsp3) is 0.148. The van der Waals surface area contributed by atoms with Crippen LogP contribution in [0.5, 0.6) is 0 Å². The lowest BCUT2D eigenvalue weighted by Gasteiger charge is -2.20. The molecule has 1 heterocycles. The number of rotatable bonds is 5. The van der Waals surface area contributed by atoms with Crippen molar-refractivity contribution < 1.29 is 9.59 Å². The van der Waals surface area contributed by atoms with E-state index in [1.165, 1.54) is 4.90 Å². The summed E-state index contributed by atoms with van der Waals surface area (Å²) in [6.07, 6.45) is 0.276. The molecular weight excluding hydrogens is 537 g/mol. The SMILES string of the molecule is Cc1ccc(N2C(=O)[C@H](Cc3cc(Cl)ccc3Cl)S/C2=C(/C#N)C(=O)Nc2ccccc2Cl)cc1C. The van der Waals surface area contributed by atoms with Crippen molar-refractivity contribution in [3.8, 4) is 6.07 Å². The first-order valence-corrected chi connectivity index (χ1v) is 12.9. The number of carbonyl (C=O) groups is 2. The Bertz CT molecular complexity index is 1450. The van der Waals surface area contributed by atoms with Gasteiger partial charge in [-0.15, -0.1) is 0 Å². The molecule has 36 heavy (non-hydrogen) atoms. The Balaban J connectivity index is 1.78. The van der Waals surface area contributed by atoms with Crippen LogP contribution in [0.4, 0.5) is 11.4 Å². The van der Waals surface area contributed by atoms with Gasteiger partial charge in [0.25, 0.3) is 5.91 Å². The maximum Gasteiger partial charge on any atom is 0.269 e. The van der Waals surface area contributed by atoms with Crippen LogP contribution in [0, 0.1) is 25.2 Å². The minimum atomic E-state index is -0.656. The van der Waals surface area contributed by atoms with Crippen LogP contribution < -0.4 is 10.2 Å². The highest BCUT2D eigenvalue weighted by molar-refractivity contribution is 8.05. The quantitative estimate of drug-likeness (QED) is 0.264. The van der Waals surface area contributed by atoms with Gasteiger partial charge in [-0.25, -0.2) is 0 Å². The van der Waals surface area contributed by atoms with Gasteiger partial charge in [-0.3, -0.25) is 14.5 Å². The fourth-order valence-corrected chi connectivity index (χ4v) is 5.60. The minimum absolute atomic E-state index is 0.189. The molecule has 0 radical (unpaired) electrons. The molecule has 2 amide bonds. The van der Waals surface area contributed by atoms with E-state index in [4.69, 9.17) is 34.8 Å². The number of amides is 2. The first kappa shape index (κ1) is 26.1. The fourth-order valence-electron chi connectivity index (χ4n) is 3.73. The molecule has 0 unspecified atom stereocenters. The first-order valence-electron chi connectivity index (χ1n) is 10.9. The van der Waals surface area contributed by atoms with E-state index in [9.17, 15) is 14.9 Å². The summed E-state index contributed by atoms with van der Waals surface area (Å²) in [6.45, 7) is 3.91. The molecule has 182 valence electrons. The van der Waals surface area contributed by atoms with Gasteiger partial charge < -0.3 is 5.32 Å². The molecule has 0 bridgehead atoms. The summed E-state index contributed by atoms with van der Waals surface area (Å²) in [5.41, 5.74) is 3.49. The smallest absolute Gasteiger partial charge is 0.269 e. The maximum atomic E-state index is 13.7. The van der Waals surface area contributed by atoms with Crippen LogP contribution in [0.15, 0.2) is 71.3 Å². The van der Waals surface area contributed by atoms with E-state index in [-0.39, 0.29) is 22.9 Å². The molecular formula is C27H20Cl3N3O2S. The van der Waals surface area contributed by atoms with E-state index in [0.29, 0.717) is 32.0 Å². The summed E-state index contributed by atoms with van der Waals surface area (Å²) >= 11 is 19.9. The summed E-state index contributed by atoms with van der Waals surface area (Å²) in [6, 6.07) is 19.4. The standard InChI is InChI=1S/C27H20Cl3N3O2S/c1-15-7-9-19(11-16(15)2)33-26(35)24(13-17-12-18(28)8-10-21(17)29)36-27(33)20(14-31)25(34)32-23-6-4-3-5-22(23)30/h3-12,24H,13H2,1-2H3,(H,32,34)/b27-20-/t24-/m0/s1. The van der Waals surface area contributed by atoms with Gasteiger partial charge in [-0.05, 0) is 79.4 Å². The molecule has 5 nitrogen and oxygen atoms in total. The highest BCUT2D eigenvalue weighted by Gasteiger charge is 2.41. The largest absolute Gasteiger partial charge is 0.320 e. The molecule has 9 heteroatoms. The third kappa shape index (κ3) is 5.40. The van der Waals surface area contributed by atoms with E-state index < -0.39 is 11.2 Å². The topological polar surface area (TPSA) is 73.2 Å². The first-order chi connectivity index (χ1) is 17.2. The van der Waals surface area contributed by atoms with Gasteiger partial charge >= 0.3 is 0 Å². The van der Waals surface area contributed by atoms with Crippen molar-refractivity contribution >= 4 is 69.8 Å². The molecule has 1 N–H and O–H groups in total. The Kier molecular flexibility index (Phi) is 7.97. The van der Waals surface area contributed by atoms with Crippen molar-refractivity contribution in [1.29, 1.82) is 5.26 Å². The molecule has 1 aliphatic heterocycles. The van der Waals surface area contributed by atoms with Crippen molar-refractivity contribution in [3.63, 3.8) is 0 Å². The van der Waals surface area contributed by atoms with Crippen LogP contribution in [0.1, 0.15) is 16.7 Å². The van der Waals surface area contributed by atoms with Gasteiger partial charge in [0.15, 0.2) is 0 Å². The normalized spacial score (nSPS) is 16.6. The van der Waals surface area contributed by atoms with E-state index >= 15 is 0 Å². The van der Waals surface area contributed by atoms with Crippen LogP contribution in [0.25, 0.3) is 0 Å². The number of nitrogens with one attached hydrogen (secondary N) is 1. The van der Waals surface area contributed by atoms with Crippen LogP contribution in [-0.4, -0.2) is 17.1 Å². The average Bonchev–Trinajstić information content (AvgIpc) is 3.15. The molecule has 1 fully saturated rings. The van der Waals surface area contributed by atoms with Gasteiger partial charge in [0.1, 0.15) is 16.7 Å². The molecule has 0 spiro atoms. The van der Waals surface area contributed by atoms with Crippen LogP contribution in [0.3, 0.4) is 0 Å². The second kappa shape index (κ2) is 11.0. The maximum absolute atomic E-state index is 13.7. The number of nitriles is 1. The van der Waals surface area contributed by atoms with Gasteiger partial charge in [-0.2, -0.15) is 5.26 Å². The Morgan fingerprint density at radius 3 is 2.47 bits per heavy atom. The van der Waals surface area contributed by atoms with Gasteiger partial charge in [-0.1, -0.05) is 64.8 Å². The van der Waals surface area contributed by atoms with Gasteiger partial charge in [0.05, 0.1) is 16.0 Å². The van der Waals surface area contributed by atoms with Crippen molar-refractivity contribution in [3.05, 3.63) is 103 Å². The van der Waals surface area contributed by atoms with Crippen LogP contribution in [0.2, 0.25) is 15.1 Å². The number of hydrogen-bond donors (Lipinski definition) is 1. The number of nitrogens with zero attached hydrogens (tertiary/aromatic N) is 2. The summed E-state index contributed by atoms with van der Waals surface area (Å²) in [5.74, 6) is -0.913. The molecule has 1 aliphatic rings. The number of anilines is 2. The van der Waals surface area contributed by atoms with Crippen LogP contribution >= 0.6 is 46.6 Å². The lowest BCUT2D eigenvalue weighted by Crippen LogP contribution is -2.31. The molecule has 1 atom stereocenters. The summed E-state index contributed by atoms with van der Waals surface area (Å²) in [5, 5.41) is 13.7. The highest BCUT2D eigenvalue weighted by Crippen LogP contribution is 2.43. The van der Waals surface area contributed by atoms with Crippen molar-refractivity contribution in [1.82, 2.24) is 0 Å². The number of benzene rings is 3. The van der Waals surface area contributed by atoms with Crippen molar-refractivity contribution in [2.24, 2.45) is 0 Å². The van der Waals surface area contributed by atoms with E-state index in [1.807, 2.05) is 32.0 Å². The summed E-state index contributed by atoms with van der Waals surface area (Å²) in [4.78, 5) is 28.3. The lowest BCUT2D eigenvalue weighted by atomic mass is 10.1. The molecule has 0 aliphatic carbocycles. The van der Waals surface area contributed by atoms with E-state index in [1.54, 1.807) is 48.5 Å². The molecule has 3 aromatic rings. The molecule has 0 aromatic heterocycles. The number of aryl methyl sites for hydroxylation is 2. The third-order valence-electron chi connectivity index (χ3n) is 5.79. The number of thioether (sulfide) groups is 1. The molecule has 3 aromatic carbocycles. The summed E-state index contributed by atoms with van der Waals surface area (Å²) in [7, 11) is 0. The minimum Gasteiger partial charge on any atom is -0.320 e. The number of hydrogen-bond acceptors (Lipinski definition) is 4. The zero-order valence-corrected chi connectivity index (χ0v) is 22.4.